The van der Waals surface area contributed by atoms with E-state index in [1.165, 1.54) is 31.6 Å². The molecule has 140 valence electrons. The smallest absolute Gasteiger partial charge is 0.287 e. The van der Waals surface area contributed by atoms with Gasteiger partial charge in [0, 0.05) is 6.42 Å². The Bertz CT molecular complexity index is 662. The maximum atomic E-state index is 12.3. The van der Waals surface area contributed by atoms with Crippen molar-refractivity contribution in [3.63, 3.8) is 0 Å². The van der Waals surface area contributed by atoms with E-state index >= 15 is 0 Å². The topological polar surface area (TPSA) is 100 Å². The van der Waals surface area contributed by atoms with Crippen LogP contribution in [-0.2, 0) is 9.59 Å². The van der Waals surface area contributed by atoms with Gasteiger partial charge in [-0.3, -0.25) is 25.2 Å². The molecule has 4 bridgehead atoms. The molecular weight excluding hydrogens is 334 g/mol. The van der Waals surface area contributed by atoms with Gasteiger partial charge in [0.25, 0.3) is 11.8 Å². The Morgan fingerprint density at radius 1 is 1.00 bits per heavy atom. The predicted octanol–water partition coefficient (Wildman–Crippen LogP) is 1.76. The fourth-order valence-corrected chi connectivity index (χ4v) is 5.73. The number of hydrazine groups is 1. The van der Waals surface area contributed by atoms with Gasteiger partial charge in [0.05, 0.1) is 12.8 Å². The maximum Gasteiger partial charge on any atom is 0.287 e. The summed E-state index contributed by atoms with van der Waals surface area (Å²) in [4.78, 5) is 35.8. The minimum atomic E-state index is -0.469. The molecule has 4 fully saturated rings. The first-order valence-corrected chi connectivity index (χ1v) is 9.41. The average molecular weight is 359 g/mol. The van der Waals surface area contributed by atoms with Gasteiger partial charge in [-0.1, -0.05) is 0 Å². The van der Waals surface area contributed by atoms with Gasteiger partial charge >= 0.3 is 0 Å². The van der Waals surface area contributed by atoms with Gasteiger partial charge in [-0.05, 0) is 73.8 Å². The van der Waals surface area contributed by atoms with Crippen LogP contribution < -0.4 is 16.2 Å². The molecule has 0 aromatic carbocycles. The summed E-state index contributed by atoms with van der Waals surface area (Å²) in [6.07, 6.45) is 9.35. The van der Waals surface area contributed by atoms with E-state index in [0.29, 0.717) is 6.42 Å². The molecule has 4 saturated carbocycles. The first kappa shape index (κ1) is 17.1. The summed E-state index contributed by atoms with van der Waals surface area (Å²) < 4.78 is 4.95. The van der Waals surface area contributed by atoms with Crippen molar-refractivity contribution in [1.82, 2.24) is 16.2 Å². The van der Waals surface area contributed by atoms with Crippen molar-refractivity contribution in [2.75, 3.05) is 6.54 Å². The number of nitrogens with one attached hydrogen (secondary N) is 3. The number of rotatable bonds is 5. The molecule has 0 radical (unpaired) electrons. The van der Waals surface area contributed by atoms with Crippen molar-refractivity contribution in [3.8, 4) is 0 Å². The van der Waals surface area contributed by atoms with Crippen LogP contribution in [0.5, 0.6) is 0 Å². The number of furan rings is 1. The quantitative estimate of drug-likeness (QED) is 0.698. The molecule has 3 N–H and O–H groups in total. The fraction of sp³-hybridized carbons (Fsp3) is 0.632. The molecule has 0 aliphatic heterocycles. The number of amides is 3. The summed E-state index contributed by atoms with van der Waals surface area (Å²) in [6, 6.07) is 3.11. The maximum absolute atomic E-state index is 12.3. The Morgan fingerprint density at radius 2 is 1.62 bits per heavy atom. The lowest BCUT2D eigenvalue weighted by Gasteiger charge is -2.56. The fourth-order valence-electron chi connectivity index (χ4n) is 5.73. The molecule has 4 aliphatic rings. The van der Waals surface area contributed by atoms with E-state index < -0.39 is 11.8 Å². The van der Waals surface area contributed by atoms with Gasteiger partial charge in [-0.25, -0.2) is 0 Å². The van der Waals surface area contributed by atoms with Gasteiger partial charge in [0.15, 0.2) is 5.76 Å². The molecule has 26 heavy (non-hydrogen) atoms. The van der Waals surface area contributed by atoms with Gasteiger partial charge in [-0.2, -0.15) is 0 Å². The molecule has 5 rings (SSSR count). The third-order valence-electron chi connectivity index (χ3n) is 6.20. The van der Waals surface area contributed by atoms with E-state index in [-0.39, 0.29) is 23.6 Å². The molecule has 3 amide bonds. The molecule has 4 aliphatic carbocycles. The monoisotopic (exact) mass is 359 g/mol. The SMILES string of the molecule is O=C(CNC(=O)c1ccco1)NNC(=O)CC12CC3CC(CC(C3)C1)C2. The summed E-state index contributed by atoms with van der Waals surface area (Å²) in [5.74, 6) is 1.44. The first-order valence-electron chi connectivity index (χ1n) is 9.41. The first-order chi connectivity index (χ1) is 12.5. The second-order valence-corrected chi connectivity index (χ2v) is 8.35. The third kappa shape index (κ3) is 3.61. The summed E-state index contributed by atoms with van der Waals surface area (Å²) in [6.45, 7) is -0.225. The summed E-state index contributed by atoms with van der Waals surface area (Å²) in [5.41, 5.74) is 5.02. The molecule has 0 spiro atoms. The van der Waals surface area contributed by atoms with Crippen LogP contribution in [0.25, 0.3) is 0 Å². The predicted molar refractivity (Wildman–Crippen MR) is 92.5 cm³/mol. The summed E-state index contributed by atoms with van der Waals surface area (Å²) in [5, 5.41) is 2.44. The molecule has 0 atom stereocenters. The second-order valence-electron chi connectivity index (χ2n) is 8.35. The second kappa shape index (κ2) is 6.78. The van der Waals surface area contributed by atoms with Crippen LogP contribution in [0.4, 0.5) is 0 Å². The van der Waals surface area contributed by atoms with E-state index in [0.717, 1.165) is 37.0 Å². The Kier molecular flexibility index (Phi) is 4.46. The van der Waals surface area contributed by atoms with Gasteiger partial charge in [0.1, 0.15) is 0 Å². The Morgan fingerprint density at radius 3 is 2.19 bits per heavy atom. The lowest BCUT2D eigenvalue weighted by atomic mass is 9.49. The van der Waals surface area contributed by atoms with Crippen LogP contribution in [0.1, 0.15) is 55.5 Å². The highest BCUT2D eigenvalue weighted by Gasteiger charge is 2.51. The van der Waals surface area contributed by atoms with Crippen LogP contribution in [0, 0.1) is 23.2 Å². The lowest BCUT2D eigenvalue weighted by Crippen LogP contribution is -2.51. The molecule has 1 heterocycles. The minimum absolute atomic E-state index is 0.136. The van der Waals surface area contributed by atoms with Crippen LogP contribution in [-0.4, -0.2) is 24.3 Å². The van der Waals surface area contributed by atoms with E-state index in [2.05, 4.69) is 16.2 Å². The highest BCUT2D eigenvalue weighted by molar-refractivity contribution is 5.94. The van der Waals surface area contributed by atoms with Crippen molar-refractivity contribution < 1.29 is 18.8 Å². The van der Waals surface area contributed by atoms with Crippen LogP contribution in [0.3, 0.4) is 0 Å². The summed E-state index contributed by atoms with van der Waals surface area (Å²) in [7, 11) is 0. The molecular formula is C19H25N3O4. The molecule has 0 saturated heterocycles. The molecule has 0 unspecified atom stereocenters. The van der Waals surface area contributed by atoms with E-state index in [4.69, 9.17) is 4.42 Å². The normalized spacial score (nSPS) is 31.5. The Hall–Kier alpha value is -2.31. The highest BCUT2D eigenvalue weighted by Crippen LogP contribution is 2.61. The van der Waals surface area contributed by atoms with E-state index in [1.807, 2.05) is 0 Å². The molecule has 1 aromatic heterocycles. The zero-order chi connectivity index (χ0) is 18.1. The van der Waals surface area contributed by atoms with Crippen molar-refractivity contribution in [2.45, 2.75) is 44.9 Å². The zero-order valence-corrected chi connectivity index (χ0v) is 14.8. The molecule has 7 heteroatoms. The van der Waals surface area contributed by atoms with Crippen molar-refractivity contribution >= 4 is 17.7 Å². The zero-order valence-electron chi connectivity index (χ0n) is 14.8. The third-order valence-corrected chi connectivity index (χ3v) is 6.20. The number of carbonyl (C=O) groups is 3. The van der Waals surface area contributed by atoms with Crippen LogP contribution in [0.15, 0.2) is 22.8 Å². The van der Waals surface area contributed by atoms with Crippen molar-refractivity contribution in [3.05, 3.63) is 24.2 Å². The van der Waals surface area contributed by atoms with Crippen LogP contribution >= 0.6 is 0 Å². The average Bonchev–Trinajstić information content (AvgIpc) is 3.11. The molecule has 1 aromatic rings. The Balaban J connectivity index is 1.20. The van der Waals surface area contributed by atoms with Crippen LogP contribution in [0.2, 0.25) is 0 Å². The Labute approximate surface area is 152 Å². The van der Waals surface area contributed by atoms with E-state index in [1.54, 1.807) is 6.07 Å². The number of hydrogen-bond acceptors (Lipinski definition) is 4. The standard InChI is InChI=1S/C19H25N3O4/c23-16(10-19-7-12-4-13(8-19)6-14(5-12)9-19)21-22-17(24)11-20-18(25)15-2-1-3-26-15/h1-3,12-14H,4-11H2,(H,20,25)(H,21,23)(H,22,24). The largest absolute Gasteiger partial charge is 0.459 e. The van der Waals surface area contributed by atoms with Gasteiger partial charge in [0.2, 0.25) is 5.91 Å². The van der Waals surface area contributed by atoms with E-state index in [9.17, 15) is 14.4 Å². The number of carbonyl (C=O) groups excluding carboxylic acids is 3. The lowest BCUT2D eigenvalue weighted by molar-refractivity contribution is -0.134. The minimum Gasteiger partial charge on any atom is -0.459 e. The van der Waals surface area contributed by atoms with Gasteiger partial charge in [-0.15, -0.1) is 0 Å². The summed E-state index contributed by atoms with van der Waals surface area (Å²) >= 11 is 0. The highest BCUT2D eigenvalue weighted by atomic mass is 16.3. The number of hydrogen-bond donors (Lipinski definition) is 3. The van der Waals surface area contributed by atoms with Crippen molar-refractivity contribution in [1.29, 1.82) is 0 Å². The molecule has 7 nitrogen and oxygen atoms in total. The van der Waals surface area contributed by atoms with Gasteiger partial charge < -0.3 is 9.73 Å². The van der Waals surface area contributed by atoms with Crippen molar-refractivity contribution in [2.24, 2.45) is 23.2 Å².